The second kappa shape index (κ2) is 8.46. The number of pyridine rings is 1. The van der Waals surface area contributed by atoms with Gasteiger partial charge in [-0.3, -0.25) is 0 Å². The molecule has 2 aromatic heterocycles. The van der Waals surface area contributed by atoms with Crippen molar-refractivity contribution in [3.8, 4) is 16.9 Å². The van der Waals surface area contributed by atoms with E-state index in [2.05, 4.69) is 15.3 Å². The molecular formula is C23H25N3O4S2. The fraction of sp³-hybridized carbons (Fsp3) is 0.391. The summed E-state index contributed by atoms with van der Waals surface area (Å²) in [6.45, 7) is 0. The van der Waals surface area contributed by atoms with E-state index in [-0.39, 0.29) is 11.0 Å². The Balaban J connectivity index is 1.51. The Morgan fingerprint density at radius 3 is 2.56 bits per heavy atom. The van der Waals surface area contributed by atoms with Gasteiger partial charge in [-0.2, -0.15) is 0 Å². The summed E-state index contributed by atoms with van der Waals surface area (Å²) in [5.74, 6) is 1.21. The molecule has 9 heteroatoms. The van der Waals surface area contributed by atoms with Gasteiger partial charge in [0.1, 0.15) is 0 Å². The molecule has 0 radical (unpaired) electrons. The average molecular weight is 472 g/mol. The number of hydrogen-bond donors (Lipinski definition) is 2. The highest BCUT2D eigenvalue weighted by Gasteiger charge is 2.26. The molecule has 2 heterocycles. The van der Waals surface area contributed by atoms with E-state index in [1.165, 1.54) is 6.26 Å². The number of anilines is 2. The van der Waals surface area contributed by atoms with Crippen LogP contribution in [0.25, 0.3) is 11.1 Å². The van der Waals surface area contributed by atoms with Crippen LogP contribution in [-0.4, -0.2) is 35.9 Å². The number of rotatable bonds is 6. The van der Waals surface area contributed by atoms with Crippen molar-refractivity contribution in [2.24, 2.45) is 0 Å². The number of aliphatic hydroxyl groups excluding tert-OH is 1. The van der Waals surface area contributed by atoms with Crippen molar-refractivity contribution >= 4 is 32.1 Å². The van der Waals surface area contributed by atoms with Crippen LogP contribution in [0.2, 0.25) is 0 Å². The number of ether oxygens (including phenoxy) is 1. The highest BCUT2D eigenvalue weighted by Crippen LogP contribution is 2.41. The Bertz CT molecular complexity index is 1230. The minimum Gasteiger partial charge on any atom is -0.486 e. The topological polar surface area (TPSA) is 101 Å². The van der Waals surface area contributed by atoms with Gasteiger partial charge in [-0.25, -0.2) is 18.4 Å². The van der Waals surface area contributed by atoms with E-state index in [1.54, 1.807) is 41.8 Å². The molecule has 5 rings (SSSR count). The third kappa shape index (κ3) is 4.24. The highest BCUT2D eigenvalue weighted by atomic mass is 32.2. The van der Waals surface area contributed by atoms with Crippen molar-refractivity contribution in [1.82, 2.24) is 9.97 Å². The van der Waals surface area contributed by atoms with E-state index >= 15 is 0 Å². The average Bonchev–Trinajstić information content (AvgIpc) is 3.15. The molecule has 1 fully saturated rings. The zero-order chi connectivity index (χ0) is 22.3. The third-order valence-corrected chi connectivity index (χ3v) is 8.16. The van der Waals surface area contributed by atoms with Gasteiger partial charge in [0.25, 0.3) is 0 Å². The molecule has 1 saturated carbocycles. The summed E-state index contributed by atoms with van der Waals surface area (Å²) in [7, 11) is -3.26. The molecule has 0 bridgehead atoms. The largest absolute Gasteiger partial charge is 0.486 e. The quantitative estimate of drug-likeness (QED) is 0.539. The number of benzene rings is 1. The van der Waals surface area contributed by atoms with Crippen LogP contribution in [0.4, 0.5) is 10.9 Å². The van der Waals surface area contributed by atoms with Crippen LogP contribution in [-0.2, 0) is 16.3 Å². The number of aryl methyl sites for hydroxylation is 1. The second-order valence-electron chi connectivity index (χ2n) is 8.36. The van der Waals surface area contributed by atoms with E-state index in [4.69, 9.17) is 4.74 Å². The highest BCUT2D eigenvalue weighted by molar-refractivity contribution is 7.90. The molecule has 1 unspecified atom stereocenters. The van der Waals surface area contributed by atoms with Crippen LogP contribution in [0.15, 0.2) is 41.4 Å². The van der Waals surface area contributed by atoms with Gasteiger partial charge in [0.05, 0.1) is 22.8 Å². The number of aromatic nitrogens is 2. The molecule has 7 nitrogen and oxygen atoms in total. The van der Waals surface area contributed by atoms with Gasteiger partial charge in [-0.15, -0.1) is 11.3 Å². The van der Waals surface area contributed by atoms with Crippen LogP contribution < -0.4 is 10.1 Å². The summed E-state index contributed by atoms with van der Waals surface area (Å²) >= 11 is 1.54. The molecule has 0 saturated heterocycles. The number of sulfone groups is 1. The van der Waals surface area contributed by atoms with E-state index < -0.39 is 15.9 Å². The summed E-state index contributed by atoms with van der Waals surface area (Å²) in [6.07, 6.45) is 8.30. The number of thiazole rings is 1. The predicted molar refractivity (Wildman–Crippen MR) is 124 cm³/mol. The molecule has 0 amide bonds. The first-order chi connectivity index (χ1) is 15.4. The SMILES string of the molecule is CS(=O)(=O)c1ccc(-c2ccnc(Nc3nc4c(s3)CCCC4O)c2OC2CCC2)cc1. The monoisotopic (exact) mass is 471 g/mol. The van der Waals surface area contributed by atoms with E-state index in [0.717, 1.165) is 60.2 Å². The lowest BCUT2D eigenvalue weighted by molar-refractivity contribution is 0.121. The van der Waals surface area contributed by atoms with Crippen LogP contribution >= 0.6 is 11.3 Å². The summed E-state index contributed by atoms with van der Waals surface area (Å²) in [5, 5.41) is 14.3. The summed E-state index contributed by atoms with van der Waals surface area (Å²) < 4.78 is 30.0. The Kier molecular flexibility index (Phi) is 5.65. The van der Waals surface area contributed by atoms with Gasteiger partial charge in [0.15, 0.2) is 26.5 Å². The van der Waals surface area contributed by atoms with Gasteiger partial charge in [-0.05, 0) is 62.3 Å². The normalized spacial score (nSPS) is 18.6. The lowest BCUT2D eigenvalue weighted by atomic mass is 9.96. The fourth-order valence-corrected chi connectivity index (χ4v) is 5.66. The summed E-state index contributed by atoms with van der Waals surface area (Å²) in [4.78, 5) is 10.5. The standard InChI is InChI=1S/C23H25N3O4S2/c1-32(28,29)16-10-8-14(9-11-16)17-12-13-24-22(21(17)30-15-4-2-5-15)26-23-25-20-18(27)6-3-7-19(20)31-23/h8-13,15,18,27H,2-7H2,1H3,(H,24,25,26). The van der Waals surface area contributed by atoms with Crippen molar-refractivity contribution in [3.63, 3.8) is 0 Å². The fourth-order valence-electron chi connectivity index (χ4n) is 3.97. The van der Waals surface area contributed by atoms with Gasteiger partial charge in [0.2, 0.25) is 0 Å². The molecule has 0 spiro atoms. The molecule has 168 valence electrons. The molecule has 32 heavy (non-hydrogen) atoms. The number of fused-ring (bicyclic) bond motifs is 1. The first kappa shape index (κ1) is 21.4. The van der Waals surface area contributed by atoms with Gasteiger partial charge < -0.3 is 15.2 Å². The van der Waals surface area contributed by atoms with Crippen LogP contribution in [0, 0.1) is 0 Å². The first-order valence-corrected chi connectivity index (χ1v) is 13.5. The minimum atomic E-state index is -3.26. The maximum Gasteiger partial charge on any atom is 0.188 e. The second-order valence-corrected chi connectivity index (χ2v) is 11.5. The molecule has 1 atom stereocenters. The zero-order valence-electron chi connectivity index (χ0n) is 17.7. The van der Waals surface area contributed by atoms with Crippen molar-refractivity contribution in [2.45, 2.75) is 55.6 Å². The van der Waals surface area contributed by atoms with Gasteiger partial charge in [-0.1, -0.05) is 12.1 Å². The number of nitrogens with zero attached hydrogens (tertiary/aromatic N) is 2. The Hall–Kier alpha value is -2.49. The first-order valence-electron chi connectivity index (χ1n) is 10.8. The molecule has 2 N–H and O–H groups in total. The summed E-state index contributed by atoms with van der Waals surface area (Å²) in [6, 6.07) is 8.69. The maximum atomic E-state index is 11.8. The Labute approximate surface area is 191 Å². The molecule has 2 aliphatic rings. The van der Waals surface area contributed by atoms with Crippen molar-refractivity contribution in [1.29, 1.82) is 0 Å². The predicted octanol–water partition coefficient (Wildman–Crippen LogP) is 4.65. The molecule has 3 aromatic rings. The molecule has 1 aromatic carbocycles. The van der Waals surface area contributed by atoms with E-state index in [0.29, 0.717) is 16.7 Å². The Morgan fingerprint density at radius 1 is 1.12 bits per heavy atom. The van der Waals surface area contributed by atoms with Crippen molar-refractivity contribution < 1.29 is 18.3 Å². The summed E-state index contributed by atoms with van der Waals surface area (Å²) in [5.41, 5.74) is 2.46. The smallest absolute Gasteiger partial charge is 0.188 e. The zero-order valence-corrected chi connectivity index (χ0v) is 19.4. The van der Waals surface area contributed by atoms with E-state index in [9.17, 15) is 13.5 Å². The number of aliphatic hydroxyl groups is 1. The van der Waals surface area contributed by atoms with Crippen LogP contribution in [0.1, 0.15) is 48.8 Å². The van der Waals surface area contributed by atoms with Crippen LogP contribution in [0.5, 0.6) is 5.75 Å². The van der Waals surface area contributed by atoms with Crippen molar-refractivity contribution in [3.05, 3.63) is 47.1 Å². The molecule has 2 aliphatic carbocycles. The van der Waals surface area contributed by atoms with Crippen molar-refractivity contribution in [2.75, 3.05) is 11.6 Å². The third-order valence-electron chi connectivity index (χ3n) is 5.98. The Morgan fingerprint density at radius 2 is 1.91 bits per heavy atom. The van der Waals surface area contributed by atoms with Crippen LogP contribution in [0.3, 0.4) is 0 Å². The number of nitrogens with one attached hydrogen (secondary N) is 1. The molecular weight excluding hydrogens is 446 g/mol. The number of hydrogen-bond acceptors (Lipinski definition) is 8. The van der Waals surface area contributed by atoms with Gasteiger partial charge >= 0.3 is 0 Å². The van der Waals surface area contributed by atoms with Gasteiger partial charge in [0, 0.05) is 22.9 Å². The van der Waals surface area contributed by atoms with E-state index in [1.807, 2.05) is 6.07 Å². The minimum absolute atomic E-state index is 0.139. The lowest BCUT2D eigenvalue weighted by Gasteiger charge is -2.28. The lowest BCUT2D eigenvalue weighted by Crippen LogP contribution is -2.25. The maximum absolute atomic E-state index is 11.8. The molecule has 0 aliphatic heterocycles.